The predicted molar refractivity (Wildman–Crippen MR) is 347 cm³/mol. The summed E-state index contributed by atoms with van der Waals surface area (Å²) in [7, 11) is 0. The molecule has 1 heterocycles. The molecule has 1 aliphatic rings. The largest absolute Gasteiger partial charge is 0.454 e. The first-order chi connectivity index (χ1) is 40.7. The maximum absolute atomic E-state index is 13.5. The van der Waals surface area contributed by atoms with Crippen LogP contribution in [0.5, 0.6) is 0 Å². The topological polar surface area (TPSA) is 175 Å². The average Bonchev–Trinajstić information content (AvgIpc) is 3.54. The molecule has 8 unspecified atom stereocenters. The van der Waals surface area contributed by atoms with Crippen LogP contribution in [0.25, 0.3) is 0 Å². The summed E-state index contributed by atoms with van der Waals surface area (Å²) in [6.07, 6.45) is 63.2. The summed E-state index contributed by atoms with van der Waals surface area (Å²) in [5, 5.41) is 57.3. The lowest BCUT2D eigenvalue weighted by Crippen LogP contribution is -2.61. The van der Waals surface area contributed by atoms with Gasteiger partial charge in [-0.3, -0.25) is 9.59 Å². The molecule has 0 saturated carbocycles. The van der Waals surface area contributed by atoms with E-state index in [2.05, 4.69) is 50.4 Å². The highest BCUT2D eigenvalue weighted by atomic mass is 16.7. The molecule has 1 rings (SSSR count). The normalized spacial score (nSPS) is 18.7. The van der Waals surface area contributed by atoms with Gasteiger partial charge in [0.05, 0.1) is 25.4 Å². The number of carbonyl (C=O) groups is 2. The van der Waals surface area contributed by atoms with Gasteiger partial charge in [0.1, 0.15) is 24.4 Å². The second-order valence-electron chi connectivity index (χ2n) is 25.0. The van der Waals surface area contributed by atoms with Crippen LogP contribution in [0, 0.1) is 0 Å². The van der Waals surface area contributed by atoms with Crippen LogP contribution in [0.2, 0.25) is 0 Å². The molecule has 83 heavy (non-hydrogen) atoms. The van der Waals surface area contributed by atoms with Crippen molar-refractivity contribution in [2.24, 2.45) is 0 Å². The molecule has 11 nitrogen and oxygen atoms in total. The maximum Gasteiger partial charge on any atom is 0.306 e. The minimum absolute atomic E-state index is 0.129. The summed E-state index contributed by atoms with van der Waals surface area (Å²) < 4.78 is 17.7. The van der Waals surface area contributed by atoms with Crippen LogP contribution in [0.1, 0.15) is 348 Å². The number of carbonyl (C=O) groups excluding carboxylic acids is 2. The lowest BCUT2D eigenvalue weighted by Gasteiger charge is -2.41. The van der Waals surface area contributed by atoms with Gasteiger partial charge in [0, 0.05) is 6.42 Å². The monoisotopic (exact) mass is 1170 g/mol. The van der Waals surface area contributed by atoms with Crippen molar-refractivity contribution in [2.45, 2.75) is 397 Å². The molecule has 11 heteroatoms. The van der Waals surface area contributed by atoms with Gasteiger partial charge < -0.3 is 45.1 Å². The Morgan fingerprint density at radius 3 is 1.25 bits per heavy atom. The first-order valence-corrected chi connectivity index (χ1v) is 35.8. The van der Waals surface area contributed by atoms with Crippen LogP contribution in [0.4, 0.5) is 0 Å². The van der Waals surface area contributed by atoms with Crippen LogP contribution in [-0.4, -0.2) is 99.6 Å². The van der Waals surface area contributed by atoms with Crippen molar-refractivity contribution in [3.8, 4) is 0 Å². The fourth-order valence-electron chi connectivity index (χ4n) is 11.4. The first kappa shape index (κ1) is 78.9. The molecule has 6 N–H and O–H groups in total. The van der Waals surface area contributed by atoms with Crippen LogP contribution < -0.4 is 5.32 Å². The second-order valence-corrected chi connectivity index (χ2v) is 25.0. The minimum Gasteiger partial charge on any atom is -0.454 e. The van der Waals surface area contributed by atoms with E-state index in [0.29, 0.717) is 19.3 Å². The maximum atomic E-state index is 13.5. The van der Waals surface area contributed by atoms with Gasteiger partial charge >= 0.3 is 5.97 Å². The Kier molecular flexibility index (Phi) is 57.2. The summed E-state index contributed by atoms with van der Waals surface area (Å²) >= 11 is 0. The molecule has 8 atom stereocenters. The van der Waals surface area contributed by atoms with E-state index in [1.807, 2.05) is 6.08 Å². The zero-order valence-electron chi connectivity index (χ0n) is 54.3. The van der Waals surface area contributed by atoms with E-state index in [-0.39, 0.29) is 13.0 Å². The third-order valence-corrected chi connectivity index (χ3v) is 17.0. The van der Waals surface area contributed by atoms with Gasteiger partial charge in [0.15, 0.2) is 12.4 Å². The summed E-state index contributed by atoms with van der Waals surface area (Å²) in [5.74, 6) is -1.18. The van der Waals surface area contributed by atoms with E-state index >= 15 is 0 Å². The Labute approximate surface area is 511 Å². The van der Waals surface area contributed by atoms with E-state index in [1.54, 1.807) is 6.08 Å². The smallest absolute Gasteiger partial charge is 0.306 e. The standard InChI is InChI=1S/C72H135NO10/c1-4-7-10-13-16-19-22-25-27-29-31-33-35-37-39-42-45-48-51-54-57-60-67(77)83-70-69(79)68(78)66(61-74)82-72(70)81-62-63(64(75)58-55-52-49-46-43-40-24-21-18-15-12-9-6-3)73-71(80)65(76)59-56-53-50-47-44-41-38-36-34-32-30-28-26-23-20-17-14-11-8-5-2/h17,20,26,28,55,58,63-66,68-70,72,74-76,78-79H,4-16,18-19,21-25,27,29-54,56-57,59-62H2,1-3H3,(H,73,80)/b20-17-,28-26-,58-55+. The predicted octanol–water partition coefficient (Wildman–Crippen LogP) is 18.2. The number of rotatable bonds is 62. The Morgan fingerprint density at radius 1 is 0.470 bits per heavy atom. The highest BCUT2D eigenvalue weighted by molar-refractivity contribution is 5.80. The van der Waals surface area contributed by atoms with Gasteiger partial charge in [0.2, 0.25) is 5.91 Å². The van der Waals surface area contributed by atoms with E-state index in [4.69, 9.17) is 14.2 Å². The number of allylic oxidation sites excluding steroid dienone is 5. The number of esters is 1. The van der Waals surface area contributed by atoms with Crippen molar-refractivity contribution < 1.29 is 49.3 Å². The average molecular weight is 1170 g/mol. The van der Waals surface area contributed by atoms with Gasteiger partial charge in [-0.25, -0.2) is 0 Å². The van der Waals surface area contributed by atoms with Crippen molar-refractivity contribution in [3.05, 3.63) is 36.5 Å². The lowest BCUT2D eigenvalue weighted by atomic mass is 9.99. The van der Waals surface area contributed by atoms with Gasteiger partial charge in [-0.05, 0) is 57.8 Å². The summed E-state index contributed by atoms with van der Waals surface area (Å²) in [6.45, 7) is 5.82. The van der Waals surface area contributed by atoms with E-state index in [9.17, 15) is 35.1 Å². The van der Waals surface area contributed by atoms with Crippen molar-refractivity contribution in [1.29, 1.82) is 0 Å². The van der Waals surface area contributed by atoms with Crippen LogP contribution in [0.3, 0.4) is 0 Å². The summed E-state index contributed by atoms with van der Waals surface area (Å²) in [5.41, 5.74) is 0. The van der Waals surface area contributed by atoms with E-state index < -0.39 is 67.4 Å². The quantitative estimate of drug-likeness (QED) is 0.0195. The minimum atomic E-state index is -1.61. The Hall–Kier alpha value is -2.12. The van der Waals surface area contributed by atoms with Gasteiger partial charge in [-0.15, -0.1) is 0 Å². The molecule has 0 aromatic carbocycles. The zero-order valence-corrected chi connectivity index (χ0v) is 54.3. The Balaban J connectivity index is 2.59. The molecule has 0 aliphatic carbocycles. The molecule has 1 fully saturated rings. The molecular formula is C72H135NO10. The number of ether oxygens (including phenoxy) is 3. The number of hydrogen-bond donors (Lipinski definition) is 6. The Bertz CT molecular complexity index is 1490. The second kappa shape index (κ2) is 60.2. The molecule has 0 aromatic heterocycles. The molecule has 0 aromatic rings. The van der Waals surface area contributed by atoms with E-state index in [1.165, 1.54) is 231 Å². The highest BCUT2D eigenvalue weighted by Crippen LogP contribution is 2.26. The van der Waals surface area contributed by atoms with Crippen LogP contribution >= 0.6 is 0 Å². The third kappa shape index (κ3) is 47.6. The number of aliphatic hydroxyl groups excluding tert-OH is 5. The van der Waals surface area contributed by atoms with Gasteiger partial charge in [0.25, 0.3) is 0 Å². The molecule has 488 valence electrons. The Morgan fingerprint density at radius 2 is 0.831 bits per heavy atom. The third-order valence-electron chi connectivity index (χ3n) is 17.0. The van der Waals surface area contributed by atoms with Crippen molar-refractivity contribution in [3.63, 3.8) is 0 Å². The molecule has 1 aliphatic heterocycles. The van der Waals surface area contributed by atoms with Crippen molar-refractivity contribution >= 4 is 11.9 Å². The number of aliphatic hydroxyl groups is 5. The molecule has 0 bridgehead atoms. The fourth-order valence-corrected chi connectivity index (χ4v) is 11.4. The molecule has 0 radical (unpaired) electrons. The SMILES string of the molecule is CCCCC/C=C\C/C=C\CCCCCCCCCCCCC(O)C(=O)NC(COC1OC(CO)C(O)C(O)C1OC(=O)CCCCCCCCCCCCCCCCCCCCCCC)C(O)/C=C/CCCCCCCCCCCCC. The first-order valence-electron chi connectivity index (χ1n) is 35.8. The molecular weight excluding hydrogens is 1040 g/mol. The number of amides is 1. The number of hydrogen-bond acceptors (Lipinski definition) is 10. The lowest BCUT2D eigenvalue weighted by molar-refractivity contribution is -0.305. The van der Waals surface area contributed by atoms with Gasteiger partial charge in [-0.2, -0.15) is 0 Å². The van der Waals surface area contributed by atoms with Gasteiger partial charge in [-0.1, -0.05) is 320 Å². The zero-order chi connectivity index (χ0) is 60.3. The van der Waals surface area contributed by atoms with Crippen LogP contribution in [0.15, 0.2) is 36.5 Å². The fraction of sp³-hybridized carbons (Fsp3) is 0.889. The number of unbranched alkanes of at least 4 members (excludes halogenated alkanes) is 44. The van der Waals surface area contributed by atoms with Crippen molar-refractivity contribution in [2.75, 3.05) is 13.2 Å². The molecule has 1 saturated heterocycles. The van der Waals surface area contributed by atoms with Crippen molar-refractivity contribution in [1.82, 2.24) is 5.32 Å². The van der Waals surface area contributed by atoms with E-state index in [0.717, 1.165) is 70.6 Å². The van der Waals surface area contributed by atoms with Crippen LogP contribution in [-0.2, 0) is 23.8 Å². The molecule has 1 amide bonds. The number of nitrogens with one attached hydrogen (secondary N) is 1. The summed E-state index contributed by atoms with van der Waals surface area (Å²) in [4.78, 5) is 26.7. The summed E-state index contributed by atoms with van der Waals surface area (Å²) in [6, 6.07) is -1.02. The molecule has 0 spiro atoms. The highest BCUT2D eigenvalue weighted by Gasteiger charge is 2.47.